The van der Waals surface area contributed by atoms with Crippen molar-refractivity contribution in [3.63, 3.8) is 0 Å². The van der Waals surface area contributed by atoms with Crippen molar-refractivity contribution >= 4 is 60.8 Å². The molecule has 0 bridgehead atoms. The molecule has 1 unspecified atom stereocenters. The number of para-hydroxylation sites is 3. The molecule has 0 amide bonds. The molecule has 0 aromatic heterocycles. The third-order valence-electron chi connectivity index (χ3n) is 8.87. The van der Waals surface area contributed by atoms with Crippen molar-refractivity contribution < 1.29 is 0 Å². The quantitative estimate of drug-likeness (QED) is 0.157. The van der Waals surface area contributed by atoms with Gasteiger partial charge in [-0.15, -0.1) is 0 Å². The standard InChI is InChI=1S/C43H34N2.5C2H6/c1-31-16-15-23-35(28-31)45(34-21-9-4-10-22-34)43-30-41-36-24-11-13-26-38(36)42(29-40(41)37-25-12-14-27-39(37)43)44(32-17-5-2-6-18-32)33-19-7-3-8-20-33;5*1-2/h2-15,17-31H,16H2,1H3;5*1-2H3. The third-order valence-corrected chi connectivity index (χ3v) is 8.87. The van der Waals surface area contributed by atoms with Crippen molar-refractivity contribution in [1.82, 2.24) is 0 Å². The second-order valence-electron chi connectivity index (χ2n) is 11.9. The second-order valence-corrected chi connectivity index (χ2v) is 11.9. The molecule has 2 heteroatoms. The molecule has 0 N–H and O–H groups in total. The Morgan fingerprint density at radius 2 is 0.709 bits per heavy atom. The first-order valence-electron chi connectivity index (χ1n) is 20.8. The molecule has 0 spiro atoms. The summed E-state index contributed by atoms with van der Waals surface area (Å²) >= 11 is 0. The van der Waals surface area contributed by atoms with E-state index in [2.05, 4.69) is 187 Å². The van der Waals surface area contributed by atoms with Gasteiger partial charge in [-0.3, -0.25) is 0 Å². The topological polar surface area (TPSA) is 6.48 Å². The Hall–Kier alpha value is -5.60. The van der Waals surface area contributed by atoms with Crippen LogP contribution in [-0.4, -0.2) is 0 Å². The highest BCUT2D eigenvalue weighted by atomic mass is 15.2. The van der Waals surface area contributed by atoms with Gasteiger partial charge in [0.05, 0.1) is 11.4 Å². The van der Waals surface area contributed by atoms with Crippen LogP contribution in [0.15, 0.2) is 176 Å². The zero-order valence-electron chi connectivity index (χ0n) is 35.3. The van der Waals surface area contributed by atoms with E-state index in [1.54, 1.807) is 0 Å². The number of hydrogen-bond acceptors (Lipinski definition) is 2. The normalized spacial score (nSPS) is 12.4. The van der Waals surface area contributed by atoms with Crippen LogP contribution >= 0.6 is 0 Å². The smallest absolute Gasteiger partial charge is 0.0546 e. The molecular formula is C53H64N2. The highest BCUT2D eigenvalue weighted by Crippen LogP contribution is 2.47. The molecule has 8 rings (SSSR count). The number of allylic oxidation sites excluding steroid dienone is 3. The van der Waals surface area contributed by atoms with Gasteiger partial charge in [-0.2, -0.15) is 0 Å². The first kappa shape index (κ1) is 43.8. The van der Waals surface area contributed by atoms with Crippen molar-refractivity contribution in [3.8, 4) is 0 Å². The van der Waals surface area contributed by atoms with E-state index < -0.39 is 0 Å². The zero-order chi connectivity index (χ0) is 40.2. The Bertz CT molecular complexity index is 2160. The lowest BCUT2D eigenvalue weighted by atomic mass is 9.93. The van der Waals surface area contributed by atoms with Gasteiger partial charge in [0.1, 0.15) is 0 Å². The minimum Gasteiger partial charge on any atom is -0.310 e. The second kappa shape index (κ2) is 23.2. The van der Waals surface area contributed by atoms with Gasteiger partial charge in [-0.05, 0) is 88.5 Å². The molecule has 286 valence electrons. The summed E-state index contributed by atoms with van der Waals surface area (Å²) in [5.41, 5.74) is 7.00. The molecular weight excluding hydrogens is 665 g/mol. The summed E-state index contributed by atoms with van der Waals surface area (Å²) in [7, 11) is 0. The molecule has 1 atom stereocenters. The first-order chi connectivity index (χ1) is 27.3. The fourth-order valence-corrected chi connectivity index (χ4v) is 6.84. The Balaban J connectivity index is 0.000000754. The molecule has 0 saturated carbocycles. The molecule has 0 heterocycles. The number of anilines is 5. The van der Waals surface area contributed by atoms with Gasteiger partial charge < -0.3 is 9.80 Å². The molecule has 55 heavy (non-hydrogen) atoms. The minimum atomic E-state index is 0.480. The summed E-state index contributed by atoms with van der Waals surface area (Å²) in [6, 6.07) is 54.7. The summed E-state index contributed by atoms with van der Waals surface area (Å²) in [5.74, 6) is 0.480. The maximum absolute atomic E-state index is 2.44. The van der Waals surface area contributed by atoms with E-state index in [1.165, 1.54) is 49.4 Å². The van der Waals surface area contributed by atoms with Crippen molar-refractivity contribution in [2.45, 2.75) is 82.6 Å². The van der Waals surface area contributed by atoms with Gasteiger partial charge in [0, 0.05) is 33.5 Å². The fourth-order valence-electron chi connectivity index (χ4n) is 6.84. The van der Waals surface area contributed by atoms with Gasteiger partial charge in [0.15, 0.2) is 0 Å². The maximum atomic E-state index is 2.44. The average molecular weight is 729 g/mol. The van der Waals surface area contributed by atoms with Crippen molar-refractivity contribution in [3.05, 3.63) is 176 Å². The van der Waals surface area contributed by atoms with Gasteiger partial charge in [-0.1, -0.05) is 191 Å². The van der Waals surface area contributed by atoms with E-state index >= 15 is 0 Å². The van der Waals surface area contributed by atoms with Gasteiger partial charge in [0.2, 0.25) is 0 Å². The van der Waals surface area contributed by atoms with E-state index in [4.69, 9.17) is 0 Å². The summed E-state index contributed by atoms with van der Waals surface area (Å²) in [6.07, 6.45) is 8.06. The third kappa shape index (κ3) is 9.94. The summed E-state index contributed by atoms with van der Waals surface area (Å²) in [5, 5.41) is 7.42. The molecule has 1 aliphatic carbocycles. The first-order valence-corrected chi connectivity index (χ1v) is 20.8. The van der Waals surface area contributed by atoms with E-state index in [-0.39, 0.29) is 0 Å². The summed E-state index contributed by atoms with van der Waals surface area (Å²) in [6.45, 7) is 22.3. The molecule has 1 aliphatic rings. The average Bonchev–Trinajstić information content (AvgIpc) is 3.29. The van der Waals surface area contributed by atoms with E-state index in [0.717, 1.165) is 23.5 Å². The van der Waals surface area contributed by atoms with Crippen LogP contribution in [0.2, 0.25) is 0 Å². The largest absolute Gasteiger partial charge is 0.310 e. The number of benzene rings is 7. The maximum Gasteiger partial charge on any atom is 0.0546 e. The van der Waals surface area contributed by atoms with Crippen LogP contribution < -0.4 is 9.80 Å². The SMILES string of the molecule is CC.CC.CC.CC.CC.CC1C=C(N(c2ccccc2)c2cc3c4ccccc4c(N(c4ccccc4)c4ccccc4)cc3c3ccccc23)C=CC1. The Morgan fingerprint density at radius 3 is 1.09 bits per heavy atom. The monoisotopic (exact) mass is 729 g/mol. The molecule has 0 aliphatic heterocycles. The molecule has 7 aromatic rings. The van der Waals surface area contributed by atoms with Crippen LogP contribution in [0.3, 0.4) is 0 Å². The zero-order valence-corrected chi connectivity index (χ0v) is 35.3. The van der Waals surface area contributed by atoms with Crippen molar-refractivity contribution in [2.75, 3.05) is 9.80 Å². The van der Waals surface area contributed by atoms with E-state index in [9.17, 15) is 0 Å². The fraction of sp³-hybridized carbons (Fsp3) is 0.245. The summed E-state index contributed by atoms with van der Waals surface area (Å²) < 4.78 is 0. The van der Waals surface area contributed by atoms with Crippen molar-refractivity contribution in [2.24, 2.45) is 5.92 Å². The Morgan fingerprint density at radius 1 is 0.382 bits per heavy atom. The molecule has 0 saturated heterocycles. The van der Waals surface area contributed by atoms with E-state index in [0.29, 0.717) is 5.92 Å². The lowest BCUT2D eigenvalue weighted by Crippen LogP contribution is -2.18. The van der Waals surface area contributed by atoms with Crippen LogP contribution in [0, 0.1) is 5.92 Å². The van der Waals surface area contributed by atoms with Crippen LogP contribution in [0.4, 0.5) is 28.4 Å². The highest BCUT2D eigenvalue weighted by molar-refractivity contribution is 6.24. The number of nitrogens with zero attached hydrogens (tertiary/aromatic N) is 2. The number of rotatable bonds is 6. The highest BCUT2D eigenvalue weighted by Gasteiger charge is 2.22. The van der Waals surface area contributed by atoms with E-state index in [1.807, 2.05) is 69.2 Å². The van der Waals surface area contributed by atoms with Crippen LogP contribution in [0.1, 0.15) is 82.6 Å². The number of hydrogen-bond donors (Lipinski definition) is 0. The predicted molar refractivity (Wildman–Crippen MR) is 250 cm³/mol. The molecule has 2 nitrogen and oxygen atoms in total. The minimum absolute atomic E-state index is 0.480. The summed E-state index contributed by atoms with van der Waals surface area (Å²) in [4.78, 5) is 4.83. The van der Waals surface area contributed by atoms with Crippen LogP contribution in [-0.2, 0) is 0 Å². The van der Waals surface area contributed by atoms with Crippen LogP contribution in [0.25, 0.3) is 32.3 Å². The number of fused-ring (bicyclic) bond motifs is 5. The van der Waals surface area contributed by atoms with Gasteiger partial charge >= 0.3 is 0 Å². The molecule has 7 aromatic carbocycles. The predicted octanol–water partition coefficient (Wildman–Crippen LogP) is 17.4. The Kier molecular flexibility index (Phi) is 18.5. The van der Waals surface area contributed by atoms with Crippen molar-refractivity contribution in [1.29, 1.82) is 0 Å². The molecule has 0 fully saturated rings. The van der Waals surface area contributed by atoms with Gasteiger partial charge in [-0.25, -0.2) is 0 Å². The Labute approximate surface area is 333 Å². The molecule has 0 radical (unpaired) electrons. The van der Waals surface area contributed by atoms with Crippen LogP contribution in [0.5, 0.6) is 0 Å². The van der Waals surface area contributed by atoms with Gasteiger partial charge in [0.25, 0.3) is 0 Å². The lowest BCUT2D eigenvalue weighted by Gasteiger charge is -2.31. The lowest BCUT2D eigenvalue weighted by molar-refractivity contribution is 0.726.